The molecule has 8 nitrogen and oxygen atoms in total. The molecule has 2 aromatic rings. The van der Waals surface area contributed by atoms with Gasteiger partial charge in [0.2, 0.25) is 5.82 Å². The Labute approximate surface area is 118 Å². The third kappa shape index (κ3) is 3.15. The molecule has 0 fully saturated rings. The molecule has 0 aliphatic rings. The maximum Gasteiger partial charge on any atom is 0.311 e. The lowest BCUT2D eigenvalue weighted by Gasteiger charge is -2.09. The van der Waals surface area contributed by atoms with Crippen LogP contribution in [0.2, 0.25) is 0 Å². The average Bonchev–Trinajstić information content (AvgIpc) is 2.48. The Kier molecular flexibility index (Phi) is 4.14. The van der Waals surface area contributed by atoms with Gasteiger partial charge in [0.15, 0.2) is 11.6 Å². The highest BCUT2D eigenvalue weighted by Crippen LogP contribution is 2.29. The largest absolute Gasteiger partial charge is 0.494 e. The van der Waals surface area contributed by atoms with Gasteiger partial charge in [0.1, 0.15) is 5.82 Å². The Morgan fingerprint density at radius 1 is 1.38 bits per heavy atom. The van der Waals surface area contributed by atoms with Crippen LogP contribution in [0.4, 0.5) is 27.4 Å². The van der Waals surface area contributed by atoms with Crippen LogP contribution in [0.3, 0.4) is 0 Å². The molecule has 4 N–H and O–H groups in total. The number of nitrogens with two attached hydrogens (primary N) is 1. The van der Waals surface area contributed by atoms with Crippen molar-refractivity contribution in [1.29, 1.82) is 0 Å². The van der Waals surface area contributed by atoms with Gasteiger partial charge in [-0.25, -0.2) is 15.2 Å². The van der Waals surface area contributed by atoms with Gasteiger partial charge in [0.25, 0.3) is 0 Å². The van der Waals surface area contributed by atoms with Crippen LogP contribution in [0.25, 0.3) is 0 Å². The zero-order valence-electron chi connectivity index (χ0n) is 11.0. The summed E-state index contributed by atoms with van der Waals surface area (Å²) in [5, 5.41) is 13.7. The first kappa shape index (κ1) is 14.5. The lowest BCUT2D eigenvalue weighted by atomic mass is 10.2. The van der Waals surface area contributed by atoms with E-state index in [0.29, 0.717) is 5.69 Å². The predicted molar refractivity (Wildman–Crippen MR) is 74.9 cm³/mol. The first-order valence-electron chi connectivity index (χ1n) is 5.77. The van der Waals surface area contributed by atoms with Crippen LogP contribution >= 0.6 is 0 Å². The van der Waals surface area contributed by atoms with Gasteiger partial charge >= 0.3 is 5.69 Å². The molecule has 2 rings (SSSR count). The molecule has 0 spiro atoms. The summed E-state index contributed by atoms with van der Waals surface area (Å²) >= 11 is 0. The van der Waals surface area contributed by atoms with Crippen molar-refractivity contribution < 1.29 is 14.1 Å². The number of halogens is 1. The van der Waals surface area contributed by atoms with Crippen LogP contribution in [-0.2, 0) is 0 Å². The molecule has 0 unspecified atom stereocenters. The van der Waals surface area contributed by atoms with Gasteiger partial charge < -0.3 is 15.5 Å². The van der Waals surface area contributed by atoms with Crippen molar-refractivity contribution in [3.8, 4) is 5.75 Å². The van der Waals surface area contributed by atoms with Gasteiger partial charge in [0, 0.05) is 17.8 Å². The number of hydrogen-bond donors (Lipinski definition) is 3. The molecule has 110 valence electrons. The van der Waals surface area contributed by atoms with Gasteiger partial charge in [-0.05, 0) is 18.2 Å². The van der Waals surface area contributed by atoms with Crippen molar-refractivity contribution in [2.45, 2.75) is 0 Å². The van der Waals surface area contributed by atoms with Crippen molar-refractivity contribution in [2.24, 2.45) is 5.84 Å². The van der Waals surface area contributed by atoms with E-state index in [-0.39, 0.29) is 23.1 Å². The molecular formula is C12H12FN5O3. The summed E-state index contributed by atoms with van der Waals surface area (Å²) in [5.74, 6) is 4.92. The van der Waals surface area contributed by atoms with Crippen LogP contribution in [0.1, 0.15) is 0 Å². The van der Waals surface area contributed by atoms with E-state index >= 15 is 0 Å². The first-order valence-corrected chi connectivity index (χ1v) is 5.77. The second kappa shape index (κ2) is 6.01. The summed E-state index contributed by atoms with van der Waals surface area (Å²) in [5.41, 5.74) is 2.44. The maximum atomic E-state index is 13.3. The van der Waals surface area contributed by atoms with Gasteiger partial charge in [0.05, 0.1) is 12.0 Å². The zero-order valence-corrected chi connectivity index (χ0v) is 11.0. The zero-order chi connectivity index (χ0) is 15.4. The summed E-state index contributed by atoms with van der Waals surface area (Å²) in [6.45, 7) is 0. The molecule has 1 aromatic heterocycles. The highest BCUT2D eigenvalue weighted by molar-refractivity contribution is 5.68. The summed E-state index contributed by atoms with van der Waals surface area (Å²) in [4.78, 5) is 14.4. The average molecular weight is 293 g/mol. The van der Waals surface area contributed by atoms with Crippen molar-refractivity contribution in [2.75, 3.05) is 17.9 Å². The normalized spacial score (nSPS) is 10.0. The van der Waals surface area contributed by atoms with Crippen LogP contribution < -0.4 is 21.3 Å². The Balaban J connectivity index is 2.40. The Morgan fingerprint density at radius 2 is 2.14 bits per heavy atom. The highest BCUT2D eigenvalue weighted by Gasteiger charge is 2.16. The number of benzene rings is 1. The smallest absolute Gasteiger partial charge is 0.311 e. The highest BCUT2D eigenvalue weighted by atomic mass is 19.1. The summed E-state index contributed by atoms with van der Waals surface area (Å²) in [6.07, 6.45) is 0. The van der Waals surface area contributed by atoms with Crippen molar-refractivity contribution in [3.05, 3.63) is 46.3 Å². The topological polar surface area (TPSA) is 115 Å². The van der Waals surface area contributed by atoms with Crippen molar-refractivity contribution in [1.82, 2.24) is 4.98 Å². The minimum Gasteiger partial charge on any atom is -0.494 e. The number of aromatic nitrogens is 1. The number of pyridine rings is 1. The van der Waals surface area contributed by atoms with E-state index in [1.165, 1.54) is 37.4 Å². The number of rotatable bonds is 5. The fourth-order valence-corrected chi connectivity index (χ4v) is 1.65. The summed E-state index contributed by atoms with van der Waals surface area (Å²) in [6, 6.07) is 6.58. The lowest BCUT2D eigenvalue weighted by Crippen LogP contribution is -2.10. The summed E-state index contributed by atoms with van der Waals surface area (Å²) < 4.78 is 18.2. The van der Waals surface area contributed by atoms with E-state index in [9.17, 15) is 14.5 Å². The first-order chi connectivity index (χ1) is 10.0. The van der Waals surface area contributed by atoms with Crippen molar-refractivity contribution in [3.63, 3.8) is 0 Å². The third-order valence-electron chi connectivity index (χ3n) is 2.63. The van der Waals surface area contributed by atoms with Crippen LogP contribution in [-0.4, -0.2) is 17.0 Å². The Hall–Kier alpha value is -2.94. The number of hydrazine groups is 1. The third-order valence-corrected chi connectivity index (χ3v) is 2.63. The van der Waals surface area contributed by atoms with Crippen LogP contribution in [0.5, 0.6) is 5.75 Å². The molecule has 0 aliphatic carbocycles. The van der Waals surface area contributed by atoms with E-state index in [2.05, 4.69) is 15.7 Å². The van der Waals surface area contributed by atoms with Crippen LogP contribution in [0, 0.1) is 15.9 Å². The minimum atomic E-state index is -0.587. The second-order valence-corrected chi connectivity index (χ2v) is 3.94. The molecule has 0 amide bonds. The molecule has 21 heavy (non-hydrogen) atoms. The monoisotopic (exact) mass is 293 g/mol. The number of anilines is 3. The van der Waals surface area contributed by atoms with E-state index in [4.69, 9.17) is 10.6 Å². The molecule has 0 radical (unpaired) electrons. The molecule has 0 saturated carbocycles. The van der Waals surface area contributed by atoms with Gasteiger partial charge in [-0.3, -0.25) is 10.1 Å². The number of nitrogens with one attached hydrogen (secondary N) is 2. The second-order valence-electron chi connectivity index (χ2n) is 3.94. The van der Waals surface area contributed by atoms with Gasteiger partial charge in [-0.2, -0.15) is 0 Å². The number of ether oxygens (including phenoxy) is 1. The molecule has 0 atom stereocenters. The van der Waals surface area contributed by atoms with E-state index in [0.717, 1.165) is 0 Å². The Bertz CT molecular complexity index is 680. The predicted octanol–water partition coefficient (Wildman–Crippen LogP) is 2.17. The molecule has 0 bridgehead atoms. The molecule has 0 saturated heterocycles. The molecule has 0 aliphatic heterocycles. The number of hydrogen-bond acceptors (Lipinski definition) is 7. The number of nitrogens with zero attached hydrogens (tertiary/aromatic N) is 2. The fraction of sp³-hybridized carbons (Fsp3) is 0.0833. The Morgan fingerprint density at radius 3 is 2.76 bits per heavy atom. The summed E-state index contributed by atoms with van der Waals surface area (Å²) in [7, 11) is 1.32. The van der Waals surface area contributed by atoms with Gasteiger partial charge in [-0.15, -0.1) is 0 Å². The molecule has 1 aromatic carbocycles. The molecule has 9 heteroatoms. The SMILES string of the molecule is COc1cc(Nc2nc(NN)ccc2[N+](=O)[O-])ccc1F. The maximum absolute atomic E-state index is 13.3. The molecule has 1 heterocycles. The molecular weight excluding hydrogens is 281 g/mol. The van der Waals surface area contributed by atoms with E-state index in [1.54, 1.807) is 0 Å². The van der Waals surface area contributed by atoms with E-state index in [1.807, 2.05) is 0 Å². The standard InChI is InChI=1S/C12H12FN5O3/c1-21-10-6-7(2-3-8(10)13)15-12-9(18(19)20)4-5-11(16-12)17-14/h2-6H,14H2,1H3,(H2,15,16,17). The fourth-order valence-electron chi connectivity index (χ4n) is 1.65. The van der Waals surface area contributed by atoms with Crippen LogP contribution in [0.15, 0.2) is 30.3 Å². The number of nitro groups is 1. The number of nitrogen functional groups attached to an aromatic ring is 1. The van der Waals surface area contributed by atoms with E-state index < -0.39 is 10.7 Å². The quantitative estimate of drug-likeness (QED) is 0.439. The lowest BCUT2D eigenvalue weighted by molar-refractivity contribution is -0.384. The van der Waals surface area contributed by atoms with Crippen molar-refractivity contribution >= 4 is 23.0 Å². The van der Waals surface area contributed by atoms with Gasteiger partial charge in [-0.1, -0.05) is 0 Å². The minimum absolute atomic E-state index is 0.00996. The number of methoxy groups -OCH3 is 1.